The smallest absolute Gasteiger partial charge is 0.253 e. The third kappa shape index (κ3) is 6.02. The van der Waals surface area contributed by atoms with E-state index in [1.165, 1.54) is 36.4 Å². The molecule has 0 atom stereocenters. The van der Waals surface area contributed by atoms with E-state index in [4.69, 9.17) is 23.2 Å². The molecular weight excluding hydrogens is 384 g/mol. The zero-order valence-corrected chi connectivity index (χ0v) is 14.8. The fourth-order valence-corrected chi connectivity index (χ4v) is 2.44. The zero-order chi connectivity index (χ0) is 19.1. The average molecular weight is 398 g/mol. The maximum Gasteiger partial charge on any atom is 0.253 e. The maximum atomic E-state index is 13.0. The van der Waals surface area contributed by atoms with E-state index in [2.05, 4.69) is 16.0 Å². The van der Waals surface area contributed by atoms with Crippen molar-refractivity contribution >= 4 is 46.6 Å². The Labute approximate surface area is 158 Å². The number of hydrogen-bond acceptors (Lipinski definition) is 3. The minimum absolute atomic E-state index is 0.157. The van der Waals surface area contributed by atoms with Crippen molar-refractivity contribution in [2.45, 2.75) is 0 Å². The van der Waals surface area contributed by atoms with Crippen LogP contribution in [0, 0.1) is 5.82 Å². The molecule has 0 heterocycles. The molecule has 0 unspecified atom stereocenters. The van der Waals surface area contributed by atoms with Crippen molar-refractivity contribution in [1.82, 2.24) is 10.6 Å². The Balaban J connectivity index is 1.76. The van der Waals surface area contributed by atoms with Gasteiger partial charge in [0.1, 0.15) is 5.82 Å². The van der Waals surface area contributed by atoms with Crippen LogP contribution in [0.3, 0.4) is 0 Å². The van der Waals surface area contributed by atoms with Crippen LogP contribution in [0.25, 0.3) is 0 Å². The lowest BCUT2D eigenvalue weighted by atomic mass is 10.2. The second kappa shape index (κ2) is 9.17. The van der Waals surface area contributed by atoms with Crippen LogP contribution in [-0.4, -0.2) is 30.8 Å². The summed E-state index contributed by atoms with van der Waals surface area (Å²) in [6.45, 7) is -0.669. The van der Waals surface area contributed by atoms with Crippen LogP contribution in [-0.2, 0) is 9.59 Å². The van der Waals surface area contributed by atoms with Gasteiger partial charge in [0.15, 0.2) is 0 Å². The molecule has 0 aliphatic heterocycles. The highest BCUT2D eigenvalue weighted by Crippen LogP contribution is 2.20. The molecule has 136 valence electrons. The Morgan fingerprint density at radius 2 is 1.65 bits per heavy atom. The number of benzene rings is 2. The first-order chi connectivity index (χ1) is 12.3. The number of hydrogen-bond donors (Lipinski definition) is 3. The summed E-state index contributed by atoms with van der Waals surface area (Å²) in [6, 6.07) is 9.70. The molecule has 0 fully saturated rings. The van der Waals surface area contributed by atoms with Crippen molar-refractivity contribution < 1.29 is 18.8 Å². The van der Waals surface area contributed by atoms with E-state index in [1.54, 1.807) is 0 Å². The summed E-state index contributed by atoms with van der Waals surface area (Å²) < 4.78 is 13.0. The Bertz CT molecular complexity index is 846. The molecule has 0 saturated heterocycles. The highest BCUT2D eigenvalue weighted by Gasteiger charge is 2.12. The number of halogens is 3. The van der Waals surface area contributed by atoms with Gasteiger partial charge in [0.2, 0.25) is 11.8 Å². The number of carbonyl (C=O) groups excluding carboxylic acids is 3. The van der Waals surface area contributed by atoms with Gasteiger partial charge in [-0.15, -0.1) is 0 Å². The Kier molecular flexibility index (Phi) is 6.94. The van der Waals surface area contributed by atoms with E-state index < -0.39 is 23.5 Å². The second-order valence-corrected chi connectivity index (χ2v) is 5.99. The van der Waals surface area contributed by atoms with E-state index in [-0.39, 0.29) is 29.4 Å². The predicted octanol–water partition coefficient (Wildman–Crippen LogP) is 2.62. The number of carbonyl (C=O) groups is 3. The molecule has 26 heavy (non-hydrogen) atoms. The largest absolute Gasteiger partial charge is 0.345 e. The summed E-state index contributed by atoms with van der Waals surface area (Å²) in [5.41, 5.74) is 0.447. The topological polar surface area (TPSA) is 87.3 Å². The number of rotatable bonds is 6. The van der Waals surface area contributed by atoms with Gasteiger partial charge in [-0.2, -0.15) is 0 Å². The van der Waals surface area contributed by atoms with Crippen LogP contribution in [0.1, 0.15) is 10.4 Å². The SMILES string of the molecule is O=C(CNC(=O)c1ccc(Cl)cc1Cl)NCC(=O)Nc1cccc(F)c1. The summed E-state index contributed by atoms with van der Waals surface area (Å²) in [5.74, 6) is -2.14. The van der Waals surface area contributed by atoms with Crippen molar-refractivity contribution in [3.8, 4) is 0 Å². The predicted molar refractivity (Wildman–Crippen MR) is 96.8 cm³/mol. The molecule has 2 aromatic rings. The van der Waals surface area contributed by atoms with Gasteiger partial charge in [0.25, 0.3) is 5.91 Å². The summed E-state index contributed by atoms with van der Waals surface area (Å²) in [5, 5.41) is 7.69. The normalized spacial score (nSPS) is 10.1. The lowest BCUT2D eigenvalue weighted by Gasteiger charge is -2.09. The standard InChI is InChI=1S/C17H14Cl2FN3O3/c18-10-4-5-13(14(19)6-10)17(26)22-8-15(24)21-9-16(25)23-12-3-1-2-11(20)7-12/h1-7H,8-9H2,(H,21,24)(H,22,26)(H,23,25). The van der Waals surface area contributed by atoms with Crippen LogP contribution in [0.15, 0.2) is 42.5 Å². The molecule has 2 aromatic carbocycles. The van der Waals surface area contributed by atoms with Gasteiger partial charge in [-0.1, -0.05) is 29.3 Å². The molecule has 3 amide bonds. The van der Waals surface area contributed by atoms with Crippen LogP contribution < -0.4 is 16.0 Å². The molecule has 0 spiro atoms. The van der Waals surface area contributed by atoms with Gasteiger partial charge in [-0.05, 0) is 36.4 Å². The van der Waals surface area contributed by atoms with Gasteiger partial charge in [0, 0.05) is 10.7 Å². The van der Waals surface area contributed by atoms with Crippen molar-refractivity contribution in [1.29, 1.82) is 0 Å². The van der Waals surface area contributed by atoms with Crippen LogP contribution in [0.5, 0.6) is 0 Å². The number of amides is 3. The second-order valence-electron chi connectivity index (χ2n) is 5.14. The van der Waals surface area contributed by atoms with E-state index >= 15 is 0 Å². The summed E-state index contributed by atoms with van der Waals surface area (Å²) in [6.07, 6.45) is 0. The number of nitrogens with one attached hydrogen (secondary N) is 3. The molecule has 0 aliphatic carbocycles. The molecular formula is C17H14Cl2FN3O3. The lowest BCUT2D eigenvalue weighted by Crippen LogP contribution is -2.40. The van der Waals surface area contributed by atoms with Crippen molar-refractivity contribution in [3.05, 3.63) is 63.9 Å². The molecule has 2 rings (SSSR count). The highest BCUT2D eigenvalue weighted by molar-refractivity contribution is 6.36. The van der Waals surface area contributed by atoms with Gasteiger partial charge in [0.05, 0.1) is 23.7 Å². The fraction of sp³-hybridized carbons (Fsp3) is 0.118. The van der Waals surface area contributed by atoms with E-state index in [1.807, 2.05) is 0 Å². The average Bonchev–Trinajstić information content (AvgIpc) is 2.58. The van der Waals surface area contributed by atoms with Crippen molar-refractivity contribution in [2.75, 3.05) is 18.4 Å². The molecule has 0 aliphatic rings. The molecule has 3 N–H and O–H groups in total. The Hall–Kier alpha value is -2.64. The maximum absolute atomic E-state index is 13.0. The van der Waals surface area contributed by atoms with Gasteiger partial charge < -0.3 is 16.0 Å². The molecule has 0 saturated carbocycles. The van der Waals surface area contributed by atoms with Crippen LogP contribution >= 0.6 is 23.2 Å². The first kappa shape index (κ1) is 19.7. The van der Waals surface area contributed by atoms with Crippen molar-refractivity contribution in [3.63, 3.8) is 0 Å². The minimum atomic E-state index is -0.571. The van der Waals surface area contributed by atoms with E-state index in [0.717, 1.165) is 6.07 Å². The first-order valence-corrected chi connectivity index (χ1v) is 8.16. The minimum Gasteiger partial charge on any atom is -0.345 e. The summed E-state index contributed by atoms with van der Waals surface area (Å²) in [4.78, 5) is 35.4. The first-order valence-electron chi connectivity index (χ1n) is 7.40. The molecule has 0 aromatic heterocycles. The molecule has 9 heteroatoms. The number of anilines is 1. The third-order valence-electron chi connectivity index (χ3n) is 3.14. The van der Waals surface area contributed by atoms with E-state index in [9.17, 15) is 18.8 Å². The highest BCUT2D eigenvalue weighted by atomic mass is 35.5. The quantitative estimate of drug-likeness (QED) is 0.699. The Morgan fingerprint density at radius 1 is 0.923 bits per heavy atom. The van der Waals surface area contributed by atoms with Gasteiger partial charge >= 0.3 is 0 Å². The fourth-order valence-electron chi connectivity index (χ4n) is 1.94. The molecule has 0 bridgehead atoms. The zero-order valence-electron chi connectivity index (χ0n) is 13.3. The van der Waals surface area contributed by atoms with Crippen LogP contribution in [0.4, 0.5) is 10.1 Å². The van der Waals surface area contributed by atoms with Crippen LogP contribution in [0.2, 0.25) is 10.0 Å². The Morgan fingerprint density at radius 3 is 2.35 bits per heavy atom. The summed E-state index contributed by atoms with van der Waals surface area (Å²) in [7, 11) is 0. The lowest BCUT2D eigenvalue weighted by molar-refractivity contribution is -0.123. The van der Waals surface area contributed by atoms with Gasteiger partial charge in [-0.25, -0.2) is 4.39 Å². The molecule has 6 nitrogen and oxygen atoms in total. The summed E-state index contributed by atoms with van der Waals surface area (Å²) >= 11 is 11.7. The monoisotopic (exact) mass is 397 g/mol. The molecule has 0 radical (unpaired) electrons. The van der Waals surface area contributed by atoms with Crippen molar-refractivity contribution in [2.24, 2.45) is 0 Å². The van der Waals surface area contributed by atoms with E-state index in [0.29, 0.717) is 5.02 Å². The third-order valence-corrected chi connectivity index (χ3v) is 3.69. The van der Waals surface area contributed by atoms with Gasteiger partial charge in [-0.3, -0.25) is 14.4 Å².